The fourth-order valence-electron chi connectivity index (χ4n) is 2.01. The van der Waals surface area contributed by atoms with Gasteiger partial charge >= 0.3 is 7.60 Å². The van der Waals surface area contributed by atoms with E-state index >= 15 is 0 Å². The van der Waals surface area contributed by atoms with Gasteiger partial charge in [0.15, 0.2) is 11.5 Å². The molecule has 0 heterocycles. The van der Waals surface area contributed by atoms with Gasteiger partial charge in [-0.15, -0.1) is 0 Å². The van der Waals surface area contributed by atoms with Crippen molar-refractivity contribution in [2.45, 2.75) is 19.6 Å². The number of hydrogen-bond donors (Lipinski definition) is 1. The lowest BCUT2D eigenvalue weighted by atomic mass is 10.1. The number of benzene rings is 1. The number of methoxy groups -OCH3 is 2. The first-order valence-electron chi connectivity index (χ1n) is 6.89. The van der Waals surface area contributed by atoms with Crippen molar-refractivity contribution in [2.24, 2.45) is 5.73 Å². The second-order valence-corrected chi connectivity index (χ2v) is 6.50. The van der Waals surface area contributed by atoms with E-state index in [-0.39, 0.29) is 36.0 Å². The van der Waals surface area contributed by atoms with E-state index < -0.39 is 18.3 Å². The van der Waals surface area contributed by atoms with Crippen LogP contribution in [0.4, 0.5) is 5.69 Å². The summed E-state index contributed by atoms with van der Waals surface area (Å²) in [5.74, 6) is -0.941. The summed E-state index contributed by atoms with van der Waals surface area (Å²) in [6.07, 6.45) is 0. The number of rotatable bonds is 9. The highest BCUT2D eigenvalue weighted by Gasteiger charge is 2.38. The zero-order valence-electron chi connectivity index (χ0n) is 13.5. The highest BCUT2D eigenvalue weighted by molar-refractivity contribution is 7.54. The van der Waals surface area contributed by atoms with E-state index in [2.05, 4.69) is 0 Å². The van der Waals surface area contributed by atoms with E-state index in [9.17, 15) is 14.7 Å². The van der Waals surface area contributed by atoms with Crippen LogP contribution >= 0.6 is 7.60 Å². The molecule has 0 aliphatic heterocycles. The standard InChI is InChI=1S/C13H21N2O7P/c1-5-21-23(18,22-6-2)13(14)9-7-11(19-3)12(20-4)8-10(9)15(16)17/h7-8,13H,5-6,14H2,1-4H3/t13-/m0/s1. The van der Waals surface area contributed by atoms with Crippen LogP contribution < -0.4 is 15.2 Å². The molecule has 10 heteroatoms. The first-order chi connectivity index (χ1) is 10.8. The molecule has 0 saturated heterocycles. The summed E-state index contributed by atoms with van der Waals surface area (Å²) in [7, 11) is -1.04. The topological polar surface area (TPSA) is 123 Å². The van der Waals surface area contributed by atoms with Gasteiger partial charge in [-0.25, -0.2) is 0 Å². The second-order valence-electron chi connectivity index (χ2n) is 4.34. The van der Waals surface area contributed by atoms with Crippen LogP contribution in [-0.4, -0.2) is 32.4 Å². The molecule has 9 nitrogen and oxygen atoms in total. The highest BCUT2D eigenvalue weighted by Crippen LogP contribution is 2.60. The number of nitrogens with zero attached hydrogens (tertiary/aromatic N) is 1. The third-order valence-corrected chi connectivity index (χ3v) is 5.20. The summed E-state index contributed by atoms with van der Waals surface area (Å²) in [5, 5.41) is 11.3. The SMILES string of the molecule is CCOP(=O)(OCC)[C@H](N)c1cc(OC)c(OC)cc1[N+](=O)[O-]. The van der Waals surface area contributed by atoms with Crippen molar-refractivity contribution in [1.29, 1.82) is 0 Å². The zero-order chi connectivity index (χ0) is 17.6. The molecular weight excluding hydrogens is 327 g/mol. The molecule has 1 aromatic rings. The van der Waals surface area contributed by atoms with Crippen LogP contribution in [0, 0.1) is 10.1 Å². The van der Waals surface area contributed by atoms with Crippen LogP contribution in [0.3, 0.4) is 0 Å². The fourth-order valence-corrected chi connectivity index (χ4v) is 3.67. The Hall–Kier alpha value is -1.67. The van der Waals surface area contributed by atoms with Crippen molar-refractivity contribution in [3.63, 3.8) is 0 Å². The number of nitro groups is 1. The van der Waals surface area contributed by atoms with Crippen LogP contribution in [0.25, 0.3) is 0 Å². The maximum atomic E-state index is 12.8. The van der Waals surface area contributed by atoms with Gasteiger partial charge in [0, 0.05) is 0 Å². The number of nitro benzene ring substituents is 1. The number of hydrogen-bond acceptors (Lipinski definition) is 8. The summed E-state index contributed by atoms with van der Waals surface area (Å²) in [6, 6.07) is 2.47. The lowest BCUT2D eigenvalue weighted by Crippen LogP contribution is -2.17. The molecular formula is C13H21N2O7P. The van der Waals surface area contributed by atoms with Crippen molar-refractivity contribution < 1.29 is 28.0 Å². The minimum Gasteiger partial charge on any atom is -0.493 e. The molecule has 0 unspecified atom stereocenters. The summed E-state index contributed by atoms with van der Waals surface area (Å²) >= 11 is 0. The van der Waals surface area contributed by atoms with Crippen molar-refractivity contribution in [3.05, 3.63) is 27.8 Å². The second kappa shape index (κ2) is 8.26. The zero-order valence-corrected chi connectivity index (χ0v) is 14.4. The lowest BCUT2D eigenvalue weighted by Gasteiger charge is -2.23. The first-order valence-corrected chi connectivity index (χ1v) is 8.50. The predicted octanol–water partition coefficient (Wildman–Crippen LogP) is 2.84. The van der Waals surface area contributed by atoms with Gasteiger partial charge in [-0.1, -0.05) is 0 Å². The van der Waals surface area contributed by atoms with Crippen molar-refractivity contribution in [1.82, 2.24) is 0 Å². The normalized spacial score (nSPS) is 12.7. The molecule has 0 aliphatic carbocycles. The minimum absolute atomic E-state index is 0.0158. The van der Waals surface area contributed by atoms with Gasteiger partial charge in [0.1, 0.15) is 5.78 Å². The van der Waals surface area contributed by atoms with E-state index in [0.717, 1.165) is 6.07 Å². The summed E-state index contributed by atoms with van der Waals surface area (Å²) in [6.45, 7) is 3.43. The van der Waals surface area contributed by atoms with Gasteiger partial charge in [-0.05, 0) is 19.9 Å². The van der Waals surface area contributed by atoms with Gasteiger partial charge in [0.05, 0.1) is 44.0 Å². The van der Waals surface area contributed by atoms with Gasteiger partial charge in [-0.3, -0.25) is 14.7 Å². The molecule has 0 bridgehead atoms. The number of nitrogens with two attached hydrogens (primary N) is 1. The highest BCUT2D eigenvalue weighted by atomic mass is 31.2. The Bertz CT molecular complexity index is 598. The van der Waals surface area contributed by atoms with Crippen LogP contribution in [-0.2, 0) is 13.6 Å². The Morgan fingerprint density at radius 3 is 2.04 bits per heavy atom. The largest absolute Gasteiger partial charge is 0.493 e. The maximum Gasteiger partial charge on any atom is 0.351 e. The van der Waals surface area contributed by atoms with Crippen LogP contribution in [0.15, 0.2) is 12.1 Å². The molecule has 0 aliphatic rings. The molecule has 0 radical (unpaired) electrons. The van der Waals surface area contributed by atoms with Gasteiger partial charge in [0.2, 0.25) is 0 Å². The quantitative estimate of drug-likeness (QED) is 0.410. The molecule has 2 N–H and O–H groups in total. The minimum atomic E-state index is -3.78. The summed E-state index contributed by atoms with van der Waals surface area (Å²) < 4.78 is 33.3. The molecule has 1 aromatic carbocycles. The van der Waals surface area contributed by atoms with Crippen LogP contribution in [0.1, 0.15) is 25.2 Å². The molecule has 23 heavy (non-hydrogen) atoms. The third-order valence-electron chi connectivity index (χ3n) is 3.01. The van der Waals surface area contributed by atoms with Gasteiger partial charge < -0.3 is 24.3 Å². The monoisotopic (exact) mass is 348 g/mol. The lowest BCUT2D eigenvalue weighted by molar-refractivity contribution is -0.385. The average molecular weight is 348 g/mol. The Balaban J connectivity index is 3.49. The fraction of sp³-hybridized carbons (Fsp3) is 0.538. The molecule has 1 rings (SSSR count). The molecule has 130 valence electrons. The van der Waals surface area contributed by atoms with Crippen molar-refractivity contribution in [3.8, 4) is 11.5 Å². The molecule has 1 atom stereocenters. The third kappa shape index (κ3) is 4.20. The average Bonchev–Trinajstić information content (AvgIpc) is 2.53. The Morgan fingerprint density at radius 2 is 1.65 bits per heavy atom. The van der Waals surface area contributed by atoms with Crippen molar-refractivity contribution in [2.75, 3.05) is 27.4 Å². The molecule has 0 aromatic heterocycles. The van der Waals surface area contributed by atoms with Gasteiger partial charge in [0.25, 0.3) is 5.69 Å². The van der Waals surface area contributed by atoms with E-state index in [1.807, 2.05) is 0 Å². The van der Waals surface area contributed by atoms with Gasteiger partial charge in [-0.2, -0.15) is 0 Å². The first kappa shape index (κ1) is 19.4. The van der Waals surface area contributed by atoms with Crippen LogP contribution in [0.5, 0.6) is 11.5 Å². The Labute approximate surface area is 134 Å². The molecule has 0 saturated carbocycles. The summed E-state index contributed by atoms with van der Waals surface area (Å²) in [4.78, 5) is 10.7. The maximum absolute atomic E-state index is 12.8. The predicted molar refractivity (Wildman–Crippen MR) is 84.0 cm³/mol. The Kier molecular flexibility index (Phi) is 6.96. The van der Waals surface area contributed by atoms with E-state index in [1.54, 1.807) is 13.8 Å². The smallest absolute Gasteiger partial charge is 0.351 e. The number of ether oxygens (including phenoxy) is 2. The van der Waals surface area contributed by atoms with E-state index in [4.69, 9.17) is 24.3 Å². The molecule has 0 amide bonds. The summed E-state index contributed by atoms with van der Waals surface area (Å²) in [5.41, 5.74) is 5.62. The molecule has 0 spiro atoms. The van der Waals surface area contributed by atoms with E-state index in [1.165, 1.54) is 20.3 Å². The molecule has 0 fully saturated rings. The van der Waals surface area contributed by atoms with Crippen molar-refractivity contribution >= 4 is 13.3 Å². The van der Waals surface area contributed by atoms with Crippen LogP contribution in [0.2, 0.25) is 0 Å². The van der Waals surface area contributed by atoms with E-state index in [0.29, 0.717) is 0 Å². The Morgan fingerprint density at radius 1 is 1.17 bits per heavy atom.